The van der Waals surface area contributed by atoms with Gasteiger partial charge in [0.2, 0.25) is 0 Å². The van der Waals surface area contributed by atoms with Crippen molar-refractivity contribution in [1.82, 2.24) is 4.90 Å². The molecule has 1 aromatic rings. The first-order valence-electron chi connectivity index (χ1n) is 6.62. The van der Waals surface area contributed by atoms with Crippen LogP contribution in [0.15, 0.2) is 18.2 Å². The fourth-order valence-electron chi connectivity index (χ4n) is 3.13. The van der Waals surface area contributed by atoms with Gasteiger partial charge in [-0.05, 0) is 30.0 Å². The van der Waals surface area contributed by atoms with Crippen LogP contribution in [0, 0.1) is 5.82 Å². The third kappa shape index (κ3) is 2.05. The molecule has 18 heavy (non-hydrogen) atoms. The number of nitrogens with two attached hydrogens (primary N) is 1. The van der Waals surface area contributed by atoms with E-state index in [-0.39, 0.29) is 11.9 Å². The Balaban J connectivity index is 1.81. The topological polar surface area (TPSA) is 38.5 Å². The Labute approximate surface area is 107 Å². The van der Waals surface area contributed by atoms with Gasteiger partial charge in [0.05, 0.1) is 12.7 Å². The molecule has 3 nitrogen and oxygen atoms in total. The normalized spacial score (nSPS) is 28.3. The van der Waals surface area contributed by atoms with Crippen molar-refractivity contribution >= 4 is 0 Å². The number of nitrogens with zero attached hydrogens (tertiary/aromatic N) is 1. The third-order valence-corrected chi connectivity index (χ3v) is 4.06. The van der Waals surface area contributed by atoms with Crippen LogP contribution >= 0.6 is 0 Å². The van der Waals surface area contributed by atoms with E-state index in [1.54, 1.807) is 6.07 Å². The zero-order valence-electron chi connectivity index (χ0n) is 10.4. The summed E-state index contributed by atoms with van der Waals surface area (Å²) in [6, 6.07) is 5.77. The number of halogens is 1. The van der Waals surface area contributed by atoms with E-state index in [4.69, 9.17) is 10.5 Å². The lowest BCUT2D eigenvalue weighted by molar-refractivity contribution is -0.0387. The maximum absolute atomic E-state index is 13.7. The minimum Gasteiger partial charge on any atom is -0.374 e. The molecule has 2 unspecified atom stereocenters. The molecule has 2 aliphatic rings. The summed E-state index contributed by atoms with van der Waals surface area (Å²) in [7, 11) is 0. The van der Waals surface area contributed by atoms with Gasteiger partial charge in [0.25, 0.3) is 0 Å². The molecule has 0 radical (unpaired) electrons. The largest absolute Gasteiger partial charge is 0.374 e. The van der Waals surface area contributed by atoms with Crippen molar-refractivity contribution in [3.8, 4) is 0 Å². The summed E-state index contributed by atoms with van der Waals surface area (Å²) in [6.45, 7) is 3.05. The van der Waals surface area contributed by atoms with Crippen LogP contribution in [0.1, 0.15) is 23.6 Å². The van der Waals surface area contributed by atoms with Gasteiger partial charge in [-0.25, -0.2) is 4.39 Å². The molecule has 2 N–H and O–H groups in total. The molecule has 2 atom stereocenters. The van der Waals surface area contributed by atoms with Crippen LogP contribution in [0.25, 0.3) is 0 Å². The molecule has 1 aromatic carbocycles. The average molecular weight is 250 g/mol. The van der Waals surface area contributed by atoms with E-state index >= 15 is 0 Å². The van der Waals surface area contributed by atoms with Crippen molar-refractivity contribution < 1.29 is 9.13 Å². The fourth-order valence-corrected chi connectivity index (χ4v) is 3.13. The average Bonchev–Trinajstić information content (AvgIpc) is 2.84. The first-order chi connectivity index (χ1) is 8.79. The number of morpholine rings is 1. The number of fused-ring (bicyclic) bond motifs is 1. The van der Waals surface area contributed by atoms with Gasteiger partial charge in [0, 0.05) is 25.7 Å². The number of hydrogen-bond acceptors (Lipinski definition) is 3. The Morgan fingerprint density at radius 2 is 2.33 bits per heavy atom. The SMILES string of the molecule is NCC1CN(C2CCc3c(F)cccc32)CCO1. The van der Waals surface area contributed by atoms with Crippen LogP contribution in [-0.4, -0.2) is 37.2 Å². The van der Waals surface area contributed by atoms with Crippen molar-refractivity contribution in [3.63, 3.8) is 0 Å². The summed E-state index contributed by atoms with van der Waals surface area (Å²) in [5.74, 6) is -0.0568. The van der Waals surface area contributed by atoms with Crippen LogP contribution in [0.2, 0.25) is 0 Å². The highest BCUT2D eigenvalue weighted by Crippen LogP contribution is 2.37. The Kier molecular flexibility index (Phi) is 3.33. The maximum Gasteiger partial charge on any atom is 0.126 e. The van der Waals surface area contributed by atoms with Gasteiger partial charge in [-0.15, -0.1) is 0 Å². The fraction of sp³-hybridized carbons (Fsp3) is 0.571. The number of benzene rings is 1. The van der Waals surface area contributed by atoms with Crippen LogP contribution in [-0.2, 0) is 11.2 Å². The van der Waals surface area contributed by atoms with Gasteiger partial charge in [-0.2, -0.15) is 0 Å². The van der Waals surface area contributed by atoms with Gasteiger partial charge in [-0.3, -0.25) is 4.90 Å². The minimum atomic E-state index is -0.0568. The van der Waals surface area contributed by atoms with E-state index in [9.17, 15) is 4.39 Å². The quantitative estimate of drug-likeness (QED) is 0.864. The zero-order chi connectivity index (χ0) is 12.5. The summed E-state index contributed by atoms with van der Waals surface area (Å²) in [6.07, 6.45) is 1.97. The summed E-state index contributed by atoms with van der Waals surface area (Å²) >= 11 is 0. The predicted octanol–water partition coefficient (Wildman–Crippen LogP) is 1.47. The van der Waals surface area contributed by atoms with Gasteiger partial charge < -0.3 is 10.5 Å². The van der Waals surface area contributed by atoms with Gasteiger partial charge in [0.15, 0.2) is 0 Å². The Hall–Kier alpha value is -0.970. The Morgan fingerprint density at radius 3 is 3.17 bits per heavy atom. The van der Waals surface area contributed by atoms with E-state index < -0.39 is 0 Å². The Morgan fingerprint density at radius 1 is 1.44 bits per heavy atom. The predicted molar refractivity (Wildman–Crippen MR) is 67.8 cm³/mol. The van der Waals surface area contributed by atoms with Crippen molar-refractivity contribution in [2.24, 2.45) is 5.73 Å². The number of hydrogen-bond donors (Lipinski definition) is 1. The minimum absolute atomic E-state index is 0.0568. The van der Waals surface area contributed by atoms with E-state index in [1.807, 2.05) is 6.07 Å². The molecule has 3 rings (SSSR count). The molecular weight excluding hydrogens is 231 g/mol. The highest BCUT2D eigenvalue weighted by Gasteiger charge is 2.32. The molecule has 1 heterocycles. The van der Waals surface area contributed by atoms with Crippen LogP contribution < -0.4 is 5.73 Å². The van der Waals surface area contributed by atoms with Crippen molar-refractivity contribution in [1.29, 1.82) is 0 Å². The van der Waals surface area contributed by atoms with Crippen LogP contribution in [0.4, 0.5) is 4.39 Å². The second-order valence-corrected chi connectivity index (χ2v) is 5.09. The first-order valence-corrected chi connectivity index (χ1v) is 6.62. The van der Waals surface area contributed by atoms with Gasteiger partial charge in [0.1, 0.15) is 5.82 Å². The molecule has 0 amide bonds. The van der Waals surface area contributed by atoms with Gasteiger partial charge >= 0.3 is 0 Å². The molecule has 1 aliphatic carbocycles. The monoisotopic (exact) mass is 250 g/mol. The third-order valence-electron chi connectivity index (χ3n) is 4.06. The van der Waals surface area contributed by atoms with E-state index in [0.29, 0.717) is 12.6 Å². The molecule has 0 spiro atoms. The number of ether oxygens (including phenoxy) is 1. The molecule has 0 bridgehead atoms. The highest BCUT2D eigenvalue weighted by molar-refractivity contribution is 5.35. The first kappa shape index (κ1) is 12.1. The summed E-state index contributed by atoms with van der Waals surface area (Å²) in [5.41, 5.74) is 7.73. The summed E-state index contributed by atoms with van der Waals surface area (Å²) < 4.78 is 19.3. The molecule has 4 heteroatoms. The van der Waals surface area contributed by atoms with E-state index in [1.165, 1.54) is 0 Å². The summed E-state index contributed by atoms with van der Waals surface area (Å²) in [5, 5.41) is 0. The Bertz CT molecular complexity index is 438. The summed E-state index contributed by atoms with van der Waals surface area (Å²) in [4.78, 5) is 2.40. The van der Waals surface area contributed by atoms with Crippen molar-refractivity contribution in [3.05, 3.63) is 35.1 Å². The molecule has 1 aliphatic heterocycles. The van der Waals surface area contributed by atoms with Crippen molar-refractivity contribution in [2.75, 3.05) is 26.2 Å². The zero-order valence-corrected chi connectivity index (χ0v) is 10.4. The molecule has 0 aromatic heterocycles. The highest BCUT2D eigenvalue weighted by atomic mass is 19.1. The lowest BCUT2D eigenvalue weighted by atomic mass is 10.1. The van der Waals surface area contributed by atoms with Crippen LogP contribution in [0.3, 0.4) is 0 Å². The lowest BCUT2D eigenvalue weighted by Gasteiger charge is -2.36. The second-order valence-electron chi connectivity index (χ2n) is 5.09. The molecular formula is C14H19FN2O. The lowest BCUT2D eigenvalue weighted by Crippen LogP contribution is -2.46. The number of rotatable bonds is 2. The molecule has 1 saturated heterocycles. The van der Waals surface area contributed by atoms with Crippen LogP contribution in [0.5, 0.6) is 0 Å². The maximum atomic E-state index is 13.7. The molecule has 98 valence electrons. The second kappa shape index (κ2) is 4.96. The molecule has 1 fully saturated rings. The van der Waals surface area contributed by atoms with E-state index in [0.717, 1.165) is 43.7 Å². The van der Waals surface area contributed by atoms with Crippen molar-refractivity contribution in [2.45, 2.75) is 25.0 Å². The van der Waals surface area contributed by atoms with E-state index in [2.05, 4.69) is 11.0 Å². The molecule has 0 saturated carbocycles. The standard InChI is InChI=1S/C14H19FN2O/c15-13-3-1-2-12-11(13)4-5-14(12)17-6-7-18-10(8-16)9-17/h1-3,10,14H,4-9,16H2. The smallest absolute Gasteiger partial charge is 0.126 e. The van der Waals surface area contributed by atoms with Gasteiger partial charge in [-0.1, -0.05) is 12.1 Å².